The highest BCUT2D eigenvalue weighted by molar-refractivity contribution is 5.89. The van der Waals surface area contributed by atoms with Crippen LogP contribution in [-0.2, 0) is 9.59 Å². The number of aliphatic hydroxyl groups excluding tert-OH is 1. The normalized spacial score (nSPS) is 23.0. The lowest BCUT2D eigenvalue weighted by Gasteiger charge is -2.20. The van der Waals surface area contributed by atoms with E-state index in [0.29, 0.717) is 0 Å². The molecule has 0 aromatic rings. The average molecular weight is 252 g/mol. The molecule has 0 aliphatic carbocycles. The van der Waals surface area contributed by atoms with E-state index in [2.05, 4.69) is 10.6 Å². The standard InChI is InChI=1S/C9H17N3O3.ClH/c1-5(13)7(8(10)14)12-9(15)6-3-2-4-11-6;/h5-7,11,13H,2-4H2,1H3,(H2,10,14)(H,12,15);1H/t5-,6+,7+;/m1./s1. The molecule has 0 saturated carbocycles. The summed E-state index contributed by atoms with van der Waals surface area (Å²) in [6.45, 7) is 2.21. The third-order valence-corrected chi connectivity index (χ3v) is 2.46. The third-order valence-electron chi connectivity index (χ3n) is 2.46. The van der Waals surface area contributed by atoms with Crippen molar-refractivity contribution in [2.75, 3.05) is 6.54 Å². The first kappa shape index (κ1) is 15.2. The number of primary amides is 1. The number of hydrogen-bond donors (Lipinski definition) is 4. The van der Waals surface area contributed by atoms with Crippen molar-refractivity contribution < 1.29 is 14.7 Å². The van der Waals surface area contributed by atoms with E-state index in [9.17, 15) is 14.7 Å². The van der Waals surface area contributed by atoms with Crippen LogP contribution in [0.4, 0.5) is 0 Å². The van der Waals surface area contributed by atoms with Gasteiger partial charge in [-0.15, -0.1) is 12.4 Å². The molecular weight excluding hydrogens is 234 g/mol. The maximum atomic E-state index is 11.6. The second-order valence-electron chi connectivity index (χ2n) is 3.78. The molecule has 1 aliphatic heterocycles. The van der Waals surface area contributed by atoms with E-state index >= 15 is 0 Å². The molecule has 16 heavy (non-hydrogen) atoms. The zero-order valence-corrected chi connectivity index (χ0v) is 9.92. The van der Waals surface area contributed by atoms with E-state index in [4.69, 9.17) is 5.73 Å². The Morgan fingerprint density at radius 2 is 2.19 bits per heavy atom. The first-order valence-corrected chi connectivity index (χ1v) is 5.03. The van der Waals surface area contributed by atoms with Crippen LogP contribution in [0.25, 0.3) is 0 Å². The van der Waals surface area contributed by atoms with Crippen LogP contribution < -0.4 is 16.4 Å². The van der Waals surface area contributed by atoms with Gasteiger partial charge in [0.25, 0.3) is 0 Å². The van der Waals surface area contributed by atoms with E-state index in [-0.39, 0.29) is 24.4 Å². The summed E-state index contributed by atoms with van der Waals surface area (Å²) in [7, 11) is 0. The molecule has 5 N–H and O–H groups in total. The van der Waals surface area contributed by atoms with Gasteiger partial charge in [-0.05, 0) is 26.3 Å². The molecule has 0 aromatic heterocycles. The Morgan fingerprint density at radius 3 is 2.56 bits per heavy atom. The number of carbonyl (C=O) groups excluding carboxylic acids is 2. The smallest absolute Gasteiger partial charge is 0.242 e. The number of aliphatic hydroxyl groups is 1. The molecule has 94 valence electrons. The number of nitrogens with two attached hydrogens (primary N) is 1. The van der Waals surface area contributed by atoms with Crippen LogP contribution in [0, 0.1) is 0 Å². The molecule has 0 bridgehead atoms. The van der Waals surface area contributed by atoms with Crippen LogP contribution >= 0.6 is 12.4 Å². The van der Waals surface area contributed by atoms with Gasteiger partial charge in [0.05, 0.1) is 12.1 Å². The lowest BCUT2D eigenvalue weighted by molar-refractivity contribution is -0.130. The summed E-state index contributed by atoms with van der Waals surface area (Å²) in [6, 6.07) is -1.29. The van der Waals surface area contributed by atoms with Crippen LogP contribution in [0.5, 0.6) is 0 Å². The van der Waals surface area contributed by atoms with E-state index in [1.54, 1.807) is 0 Å². The summed E-state index contributed by atoms with van der Waals surface area (Å²) in [5.41, 5.74) is 5.05. The van der Waals surface area contributed by atoms with E-state index < -0.39 is 18.1 Å². The molecule has 6 nitrogen and oxygen atoms in total. The van der Waals surface area contributed by atoms with Gasteiger partial charge in [-0.1, -0.05) is 0 Å². The molecule has 7 heteroatoms. The van der Waals surface area contributed by atoms with E-state index in [1.165, 1.54) is 6.92 Å². The highest BCUT2D eigenvalue weighted by Crippen LogP contribution is 2.05. The molecule has 0 radical (unpaired) electrons. The van der Waals surface area contributed by atoms with Crippen LogP contribution in [0.1, 0.15) is 19.8 Å². The van der Waals surface area contributed by atoms with Crippen molar-refractivity contribution in [1.82, 2.24) is 10.6 Å². The number of amides is 2. The minimum absolute atomic E-state index is 0. The summed E-state index contributed by atoms with van der Waals surface area (Å²) in [5.74, 6) is -1.01. The molecule has 1 rings (SSSR count). The summed E-state index contributed by atoms with van der Waals surface area (Å²) in [5, 5.41) is 14.7. The Balaban J connectivity index is 0.00000225. The predicted octanol–water partition coefficient (Wildman–Crippen LogP) is -1.49. The largest absolute Gasteiger partial charge is 0.391 e. The Labute approximate surface area is 100 Å². The van der Waals surface area contributed by atoms with Crippen LogP contribution in [-0.4, -0.2) is 41.7 Å². The molecular formula is C9H18ClN3O3. The molecule has 1 heterocycles. The van der Waals surface area contributed by atoms with E-state index in [0.717, 1.165) is 19.4 Å². The Kier molecular flexibility index (Phi) is 6.32. The Hall–Kier alpha value is -0.850. The van der Waals surface area contributed by atoms with E-state index in [1.807, 2.05) is 0 Å². The molecule has 2 amide bonds. The Morgan fingerprint density at radius 1 is 1.56 bits per heavy atom. The SMILES string of the molecule is C[C@@H](O)[C@H](NC(=O)[C@@H]1CCCN1)C(N)=O.Cl. The van der Waals surface area contributed by atoms with Gasteiger partial charge in [-0.25, -0.2) is 0 Å². The minimum Gasteiger partial charge on any atom is -0.391 e. The van der Waals surface area contributed by atoms with Crippen molar-refractivity contribution in [2.24, 2.45) is 5.73 Å². The summed E-state index contributed by atoms with van der Waals surface area (Å²) >= 11 is 0. The predicted molar refractivity (Wildman–Crippen MR) is 61.1 cm³/mol. The topological polar surface area (TPSA) is 104 Å². The number of nitrogens with one attached hydrogen (secondary N) is 2. The lowest BCUT2D eigenvalue weighted by Crippen LogP contribution is -2.54. The molecule has 0 aromatic carbocycles. The van der Waals surface area contributed by atoms with Gasteiger partial charge in [-0.3, -0.25) is 9.59 Å². The fraction of sp³-hybridized carbons (Fsp3) is 0.778. The van der Waals surface area contributed by atoms with Crippen molar-refractivity contribution in [3.05, 3.63) is 0 Å². The van der Waals surface area contributed by atoms with Gasteiger partial charge < -0.3 is 21.5 Å². The zero-order valence-electron chi connectivity index (χ0n) is 9.10. The molecule has 1 fully saturated rings. The lowest BCUT2D eigenvalue weighted by atomic mass is 10.1. The second kappa shape index (κ2) is 6.67. The first-order valence-electron chi connectivity index (χ1n) is 5.03. The van der Waals surface area contributed by atoms with Crippen LogP contribution in [0.3, 0.4) is 0 Å². The zero-order chi connectivity index (χ0) is 11.4. The summed E-state index contributed by atoms with van der Waals surface area (Å²) < 4.78 is 0. The highest BCUT2D eigenvalue weighted by atomic mass is 35.5. The molecule has 0 unspecified atom stereocenters. The molecule has 1 saturated heterocycles. The second-order valence-corrected chi connectivity index (χ2v) is 3.78. The Bertz CT molecular complexity index is 254. The van der Waals surface area contributed by atoms with Crippen molar-refractivity contribution in [1.29, 1.82) is 0 Å². The quantitative estimate of drug-likeness (QED) is 0.489. The van der Waals surface area contributed by atoms with Crippen LogP contribution in [0.2, 0.25) is 0 Å². The van der Waals surface area contributed by atoms with Gasteiger partial charge in [0.15, 0.2) is 0 Å². The number of hydrogen-bond acceptors (Lipinski definition) is 4. The van der Waals surface area contributed by atoms with Gasteiger partial charge in [0.2, 0.25) is 11.8 Å². The highest BCUT2D eigenvalue weighted by Gasteiger charge is 2.28. The van der Waals surface area contributed by atoms with Crippen molar-refractivity contribution in [3.8, 4) is 0 Å². The number of carbonyl (C=O) groups is 2. The minimum atomic E-state index is -1.01. The van der Waals surface area contributed by atoms with Crippen molar-refractivity contribution in [3.63, 3.8) is 0 Å². The summed E-state index contributed by atoms with van der Waals surface area (Å²) in [6.07, 6.45) is 0.707. The molecule has 0 spiro atoms. The molecule has 3 atom stereocenters. The third kappa shape index (κ3) is 3.96. The van der Waals surface area contributed by atoms with Gasteiger partial charge in [0.1, 0.15) is 6.04 Å². The number of halogens is 1. The fourth-order valence-electron chi connectivity index (χ4n) is 1.59. The van der Waals surface area contributed by atoms with Gasteiger partial charge >= 0.3 is 0 Å². The monoisotopic (exact) mass is 251 g/mol. The van der Waals surface area contributed by atoms with Gasteiger partial charge in [0, 0.05) is 0 Å². The average Bonchev–Trinajstić information content (AvgIpc) is 2.65. The van der Waals surface area contributed by atoms with Crippen molar-refractivity contribution >= 4 is 24.2 Å². The molecule has 1 aliphatic rings. The first-order chi connectivity index (χ1) is 7.02. The fourth-order valence-corrected chi connectivity index (χ4v) is 1.59. The maximum Gasteiger partial charge on any atom is 0.242 e. The summed E-state index contributed by atoms with van der Waals surface area (Å²) in [4.78, 5) is 22.5. The maximum absolute atomic E-state index is 11.6. The van der Waals surface area contributed by atoms with Gasteiger partial charge in [-0.2, -0.15) is 0 Å². The van der Waals surface area contributed by atoms with Crippen LogP contribution in [0.15, 0.2) is 0 Å². The van der Waals surface area contributed by atoms with Crippen molar-refractivity contribution in [2.45, 2.75) is 38.0 Å². The number of rotatable bonds is 4.